The van der Waals surface area contributed by atoms with E-state index < -0.39 is 0 Å². The zero-order chi connectivity index (χ0) is 26.1. The van der Waals surface area contributed by atoms with E-state index in [1.807, 2.05) is 79.5 Å². The van der Waals surface area contributed by atoms with Crippen molar-refractivity contribution < 1.29 is 4.79 Å². The third-order valence-electron chi connectivity index (χ3n) is 6.18. The van der Waals surface area contributed by atoms with Crippen molar-refractivity contribution in [3.8, 4) is 11.3 Å². The van der Waals surface area contributed by atoms with Crippen LogP contribution in [0.15, 0.2) is 90.9 Å². The summed E-state index contributed by atoms with van der Waals surface area (Å²) in [5, 5.41) is 12.9. The number of carbonyl (C=O) groups excluding carboxylic acids is 1. The maximum absolute atomic E-state index is 13.3. The summed E-state index contributed by atoms with van der Waals surface area (Å²) in [7, 11) is 1.89. The number of benzene rings is 1. The smallest absolute Gasteiger partial charge is 0.274 e. The van der Waals surface area contributed by atoms with Gasteiger partial charge in [-0.25, -0.2) is 4.98 Å². The Morgan fingerprint density at radius 3 is 2.78 bits per heavy atom. The van der Waals surface area contributed by atoms with Gasteiger partial charge in [-0.2, -0.15) is 10.2 Å². The van der Waals surface area contributed by atoms with E-state index >= 15 is 0 Å². The highest BCUT2D eigenvalue weighted by Gasteiger charge is 2.17. The summed E-state index contributed by atoms with van der Waals surface area (Å²) in [6.45, 7) is 10.8. The fraction of sp³-hybridized carbons (Fsp3) is 0.172. The van der Waals surface area contributed by atoms with Crippen LogP contribution in [0.25, 0.3) is 27.8 Å². The molecule has 186 valence electrons. The van der Waals surface area contributed by atoms with Crippen LogP contribution in [0.4, 0.5) is 5.69 Å². The third kappa shape index (κ3) is 4.73. The van der Waals surface area contributed by atoms with Crippen molar-refractivity contribution in [1.29, 1.82) is 0 Å². The first kappa shape index (κ1) is 24.0. The van der Waals surface area contributed by atoms with Crippen LogP contribution < -0.4 is 5.32 Å². The lowest BCUT2D eigenvalue weighted by atomic mass is 10.1. The van der Waals surface area contributed by atoms with E-state index in [0.717, 1.165) is 33.4 Å². The number of rotatable bonds is 7. The van der Waals surface area contributed by atoms with Gasteiger partial charge in [-0.3, -0.25) is 18.6 Å². The molecule has 0 aliphatic heterocycles. The highest BCUT2D eigenvalue weighted by atomic mass is 16.2. The van der Waals surface area contributed by atoms with Gasteiger partial charge in [-0.1, -0.05) is 36.4 Å². The molecule has 0 atom stereocenters. The molecule has 0 aliphatic rings. The first-order valence-electron chi connectivity index (χ1n) is 12.0. The predicted molar refractivity (Wildman–Crippen MR) is 148 cm³/mol. The third-order valence-corrected chi connectivity index (χ3v) is 6.18. The number of carbonyl (C=O) groups is 1. The van der Waals surface area contributed by atoms with Gasteiger partial charge in [0.25, 0.3) is 5.91 Å². The minimum Gasteiger partial charge on any atom is -0.320 e. The molecule has 8 heteroatoms. The van der Waals surface area contributed by atoms with Gasteiger partial charge >= 0.3 is 0 Å². The number of aryl methyl sites for hydroxylation is 2. The van der Waals surface area contributed by atoms with Gasteiger partial charge < -0.3 is 5.32 Å². The number of imidazole rings is 1. The summed E-state index contributed by atoms with van der Waals surface area (Å²) in [5.41, 5.74) is 7.74. The zero-order valence-electron chi connectivity index (χ0n) is 21.4. The fourth-order valence-corrected chi connectivity index (χ4v) is 4.42. The molecule has 0 spiro atoms. The molecule has 0 saturated carbocycles. The molecule has 1 aromatic carbocycles. The lowest BCUT2D eigenvalue weighted by Crippen LogP contribution is -2.14. The number of fused-ring (bicyclic) bond motifs is 2. The van der Waals surface area contributed by atoms with Crippen LogP contribution in [0, 0.1) is 6.92 Å². The number of pyridine rings is 1. The molecular weight excluding hydrogens is 462 g/mol. The Hall–Kier alpha value is -4.72. The largest absolute Gasteiger partial charge is 0.320 e. The number of allylic oxidation sites excluding steroid dienone is 5. The van der Waals surface area contributed by atoms with E-state index in [4.69, 9.17) is 5.10 Å². The molecule has 0 bridgehead atoms. The van der Waals surface area contributed by atoms with Crippen LogP contribution in [0.1, 0.15) is 30.0 Å². The highest BCUT2D eigenvalue weighted by molar-refractivity contribution is 6.08. The van der Waals surface area contributed by atoms with Crippen LogP contribution in [-0.2, 0) is 13.6 Å². The minimum atomic E-state index is -0.241. The monoisotopic (exact) mass is 491 g/mol. The number of hydrogen-bond acceptors (Lipinski definition) is 4. The van der Waals surface area contributed by atoms with Gasteiger partial charge in [0.1, 0.15) is 11.3 Å². The number of nitrogens with one attached hydrogen (secondary N) is 1. The molecular formula is C29H29N7O. The standard InChI is InChI=1S/C29H29N7O/c1-19(2)8-6-9-20(3)18-36-25-11-7-10-23(28(25)21(4)33-36)32-29(37)26-17-30-27-16-22(13-15-35(26)27)24-12-14-31-34(24)5/h6-17H,3,18H2,1-2,4-5H3,(H,32,37)/b9-6-. The summed E-state index contributed by atoms with van der Waals surface area (Å²) in [6.07, 6.45) is 11.2. The maximum atomic E-state index is 13.3. The topological polar surface area (TPSA) is 82.0 Å². The second kappa shape index (κ2) is 9.73. The van der Waals surface area contributed by atoms with Crippen molar-refractivity contribution in [3.63, 3.8) is 0 Å². The Bertz CT molecular complexity index is 1710. The predicted octanol–water partition coefficient (Wildman–Crippen LogP) is 5.72. The van der Waals surface area contributed by atoms with Gasteiger partial charge in [0.15, 0.2) is 0 Å². The second-order valence-corrected chi connectivity index (χ2v) is 9.29. The van der Waals surface area contributed by atoms with Crippen molar-refractivity contribution >= 4 is 28.1 Å². The number of amides is 1. The Morgan fingerprint density at radius 2 is 2.03 bits per heavy atom. The summed E-state index contributed by atoms with van der Waals surface area (Å²) in [5.74, 6) is -0.241. The van der Waals surface area contributed by atoms with Gasteiger partial charge in [-0.15, -0.1) is 0 Å². The highest BCUT2D eigenvalue weighted by Crippen LogP contribution is 2.28. The van der Waals surface area contributed by atoms with E-state index in [2.05, 4.69) is 35.8 Å². The maximum Gasteiger partial charge on any atom is 0.274 e. The van der Waals surface area contributed by atoms with Gasteiger partial charge in [0, 0.05) is 30.4 Å². The second-order valence-electron chi connectivity index (χ2n) is 9.29. The molecule has 0 saturated heterocycles. The quantitative estimate of drug-likeness (QED) is 0.295. The first-order valence-corrected chi connectivity index (χ1v) is 12.0. The molecule has 8 nitrogen and oxygen atoms in total. The van der Waals surface area contributed by atoms with Gasteiger partial charge in [0.2, 0.25) is 0 Å². The number of hydrogen-bond donors (Lipinski definition) is 1. The lowest BCUT2D eigenvalue weighted by molar-refractivity contribution is 0.102. The molecule has 0 unspecified atom stereocenters. The lowest BCUT2D eigenvalue weighted by Gasteiger charge is -2.09. The van der Waals surface area contributed by atoms with E-state index in [-0.39, 0.29) is 5.91 Å². The van der Waals surface area contributed by atoms with Gasteiger partial charge in [-0.05, 0) is 56.7 Å². The average molecular weight is 492 g/mol. The van der Waals surface area contributed by atoms with E-state index in [1.54, 1.807) is 21.5 Å². The van der Waals surface area contributed by atoms with Crippen molar-refractivity contribution in [3.05, 3.63) is 102 Å². The number of anilines is 1. The van der Waals surface area contributed by atoms with E-state index in [0.29, 0.717) is 23.6 Å². The zero-order valence-corrected chi connectivity index (χ0v) is 21.4. The Morgan fingerprint density at radius 1 is 1.19 bits per heavy atom. The van der Waals surface area contributed by atoms with Crippen molar-refractivity contribution in [2.45, 2.75) is 27.3 Å². The molecule has 5 rings (SSSR count). The molecule has 0 aliphatic carbocycles. The molecule has 4 heterocycles. The van der Waals surface area contributed by atoms with Crippen LogP contribution in [0.3, 0.4) is 0 Å². The Balaban J connectivity index is 1.41. The molecule has 37 heavy (non-hydrogen) atoms. The van der Waals surface area contributed by atoms with Crippen molar-refractivity contribution in [2.24, 2.45) is 7.05 Å². The molecule has 0 fully saturated rings. The van der Waals surface area contributed by atoms with Crippen molar-refractivity contribution in [1.82, 2.24) is 28.9 Å². The molecule has 5 aromatic rings. The van der Waals surface area contributed by atoms with Crippen LogP contribution in [0.2, 0.25) is 0 Å². The summed E-state index contributed by atoms with van der Waals surface area (Å²) in [4.78, 5) is 17.8. The summed E-state index contributed by atoms with van der Waals surface area (Å²) in [6, 6.07) is 11.7. The molecule has 1 N–H and O–H groups in total. The normalized spacial score (nSPS) is 11.5. The Kier molecular flexibility index (Phi) is 6.31. The molecule has 4 aromatic heterocycles. The summed E-state index contributed by atoms with van der Waals surface area (Å²) < 4.78 is 5.51. The molecule has 0 radical (unpaired) electrons. The first-order chi connectivity index (χ1) is 17.8. The Labute approximate surface area is 215 Å². The van der Waals surface area contributed by atoms with Crippen LogP contribution in [-0.4, -0.2) is 34.9 Å². The van der Waals surface area contributed by atoms with Gasteiger partial charge in [0.05, 0.1) is 35.3 Å². The SMILES string of the molecule is C=C(/C=C\C=C(C)C)Cn1nc(C)c2c(NC(=O)c3cnc4cc(-c5ccnn5C)ccn34)cccc21. The molecule has 1 amide bonds. The van der Waals surface area contributed by atoms with Crippen LogP contribution >= 0.6 is 0 Å². The minimum absolute atomic E-state index is 0.241. The fourth-order valence-electron chi connectivity index (χ4n) is 4.42. The van der Waals surface area contributed by atoms with E-state index in [1.165, 1.54) is 5.57 Å². The summed E-state index contributed by atoms with van der Waals surface area (Å²) >= 11 is 0. The van der Waals surface area contributed by atoms with E-state index in [9.17, 15) is 4.79 Å². The number of aromatic nitrogens is 6. The van der Waals surface area contributed by atoms with Crippen molar-refractivity contribution in [2.75, 3.05) is 5.32 Å². The average Bonchev–Trinajstić information content (AvgIpc) is 3.56. The van der Waals surface area contributed by atoms with Crippen LogP contribution in [0.5, 0.6) is 0 Å². The number of nitrogens with zero attached hydrogens (tertiary/aromatic N) is 6.